The molecule has 6 heteroatoms. The standard InChI is InChI=1S/C14H17N5O/c1-9-5-3-6-11(15-9)14(20)16-10(2)13-18-17-12-7-4-8-19(12)13/h3,5-6,10H,4,7-8H2,1-2H3,(H,16,20)/t10-/m0/s1. The zero-order chi connectivity index (χ0) is 14.1. The lowest BCUT2D eigenvalue weighted by atomic mass is 10.2. The fraction of sp³-hybridized carbons (Fsp3) is 0.429. The number of aromatic nitrogens is 4. The molecular formula is C14H17N5O. The summed E-state index contributed by atoms with van der Waals surface area (Å²) in [7, 11) is 0. The van der Waals surface area contributed by atoms with Gasteiger partial charge in [0.05, 0.1) is 6.04 Å². The first kappa shape index (κ1) is 12.8. The van der Waals surface area contributed by atoms with Crippen molar-refractivity contribution in [2.75, 3.05) is 0 Å². The number of hydrogen-bond donors (Lipinski definition) is 1. The third kappa shape index (κ3) is 2.29. The first-order valence-corrected chi connectivity index (χ1v) is 6.81. The largest absolute Gasteiger partial charge is 0.341 e. The van der Waals surface area contributed by atoms with Crippen molar-refractivity contribution in [3.05, 3.63) is 41.2 Å². The normalized spacial score (nSPS) is 14.9. The maximum absolute atomic E-state index is 12.2. The lowest BCUT2D eigenvalue weighted by Gasteiger charge is -2.13. The van der Waals surface area contributed by atoms with Crippen molar-refractivity contribution in [1.82, 2.24) is 25.1 Å². The van der Waals surface area contributed by atoms with Gasteiger partial charge in [0.2, 0.25) is 0 Å². The Balaban J connectivity index is 1.75. The quantitative estimate of drug-likeness (QED) is 0.916. The van der Waals surface area contributed by atoms with E-state index in [9.17, 15) is 4.79 Å². The first-order valence-electron chi connectivity index (χ1n) is 6.81. The van der Waals surface area contributed by atoms with Gasteiger partial charge in [0, 0.05) is 18.7 Å². The van der Waals surface area contributed by atoms with Crippen LogP contribution < -0.4 is 5.32 Å². The van der Waals surface area contributed by atoms with Gasteiger partial charge in [-0.25, -0.2) is 4.98 Å². The smallest absolute Gasteiger partial charge is 0.270 e. The molecule has 3 heterocycles. The van der Waals surface area contributed by atoms with Crippen LogP contribution in [0.15, 0.2) is 18.2 Å². The van der Waals surface area contributed by atoms with Gasteiger partial charge < -0.3 is 9.88 Å². The Labute approximate surface area is 117 Å². The molecule has 0 bridgehead atoms. The van der Waals surface area contributed by atoms with Gasteiger partial charge in [0.1, 0.15) is 11.5 Å². The molecule has 0 saturated carbocycles. The van der Waals surface area contributed by atoms with Gasteiger partial charge in [-0.05, 0) is 32.4 Å². The molecule has 104 valence electrons. The van der Waals surface area contributed by atoms with Crippen molar-refractivity contribution in [1.29, 1.82) is 0 Å². The Morgan fingerprint density at radius 1 is 1.40 bits per heavy atom. The molecule has 0 aliphatic carbocycles. The number of nitrogens with one attached hydrogen (secondary N) is 1. The predicted octanol–water partition coefficient (Wildman–Crippen LogP) is 1.42. The highest BCUT2D eigenvalue weighted by atomic mass is 16.1. The molecule has 0 fully saturated rings. The Bertz CT molecular complexity index is 649. The van der Waals surface area contributed by atoms with Crippen LogP contribution in [-0.2, 0) is 13.0 Å². The van der Waals surface area contributed by atoms with Crippen molar-refractivity contribution < 1.29 is 4.79 Å². The van der Waals surface area contributed by atoms with E-state index in [2.05, 4.69) is 25.1 Å². The molecule has 1 aliphatic rings. The van der Waals surface area contributed by atoms with Crippen LogP contribution in [0.4, 0.5) is 0 Å². The van der Waals surface area contributed by atoms with Crippen molar-refractivity contribution in [3.63, 3.8) is 0 Å². The molecule has 3 rings (SSSR count). The first-order chi connectivity index (χ1) is 9.65. The van der Waals surface area contributed by atoms with Crippen molar-refractivity contribution in [2.45, 2.75) is 39.3 Å². The summed E-state index contributed by atoms with van der Waals surface area (Å²) in [4.78, 5) is 16.4. The van der Waals surface area contributed by atoms with Gasteiger partial charge in [0.15, 0.2) is 5.82 Å². The lowest BCUT2D eigenvalue weighted by molar-refractivity contribution is 0.0932. The van der Waals surface area contributed by atoms with Crippen LogP contribution in [0.1, 0.15) is 47.2 Å². The van der Waals surface area contributed by atoms with E-state index in [1.165, 1.54) is 0 Å². The molecule has 20 heavy (non-hydrogen) atoms. The highest BCUT2D eigenvalue weighted by Gasteiger charge is 2.22. The molecule has 0 spiro atoms. The van der Waals surface area contributed by atoms with Gasteiger partial charge in [-0.3, -0.25) is 4.79 Å². The summed E-state index contributed by atoms with van der Waals surface area (Å²) < 4.78 is 2.09. The zero-order valence-corrected chi connectivity index (χ0v) is 11.6. The molecule has 0 aromatic carbocycles. The molecule has 0 saturated heterocycles. The Morgan fingerprint density at radius 3 is 3.05 bits per heavy atom. The molecule has 1 amide bonds. The molecule has 0 radical (unpaired) electrons. The number of amides is 1. The second-order valence-electron chi connectivity index (χ2n) is 5.09. The number of fused-ring (bicyclic) bond motifs is 1. The molecule has 6 nitrogen and oxygen atoms in total. The number of nitrogens with zero attached hydrogens (tertiary/aromatic N) is 4. The monoisotopic (exact) mass is 271 g/mol. The summed E-state index contributed by atoms with van der Waals surface area (Å²) in [6.45, 7) is 4.72. The van der Waals surface area contributed by atoms with E-state index < -0.39 is 0 Å². The number of carbonyl (C=O) groups excluding carboxylic acids is 1. The summed E-state index contributed by atoms with van der Waals surface area (Å²) in [6.07, 6.45) is 2.06. The predicted molar refractivity (Wildman–Crippen MR) is 73.2 cm³/mol. The second-order valence-corrected chi connectivity index (χ2v) is 5.09. The van der Waals surface area contributed by atoms with Gasteiger partial charge in [0.25, 0.3) is 5.91 Å². The van der Waals surface area contributed by atoms with Crippen LogP contribution >= 0.6 is 0 Å². The Morgan fingerprint density at radius 2 is 2.25 bits per heavy atom. The molecule has 2 aromatic rings. The fourth-order valence-electron chi connectivity index (χ4n) is 2.50. The maximum atomic E-state index is 12.2. The molecular weight excluding hydrogens is 254 g/mol. The van der Waals surface area contributed by atoms with E-state index in [0.717, 1.165) is 36.7 Å². The van der Waals surface area contributed by atoms with Crippen LogP contribution in [0, 0.1) is 6.92 Å². The number of hydrogen-bond acceptors (Lipinski definition) is 4. The van der Waals surface area contributed by atoms with Crippen LogP contribution in [0.2, 0.25) is 0 Å². The highest BCUT2D eigenvalue weighted by molar-refractivity contribution is 5.92. The van der Waals surface area contributed by atoms with E-state index >= 15 is 0 Å². The Hall–Kier alpha value is -2.24. The van der Waals surface area contributed by atoms with Crippen molar-refractivity contribution in [2.24, 2.45) is 0 Å². The Kier molecular flexibility index (Phi) is 3.22. The molecule has 1 atom stereocenters. The average Bonchev–Trinajstić information content (AvgIpc) is 3.00. The summed E-state index contributed by atoms with van der Waals surface area (Å²) in [5, 5.41) is 11.3. The van der Waals surface area contributed by atoms with Crippen LogP contribution in [0.3, 0.4) is 0 Å². The summed E-state index contributed by atoms with van der Waals surface area (Å²) in [5.41, 5.74) is 1.26. The van der Waals surface area contributed by atoms with Gasteiger partial charge in [-0.2, -0.15) is 0 Å². The van der Waals surface area contributed by atoms with Crippen LogP contribution in [-0.4, -0.2) is 25.7 Å². The minimum Gasteiger partial charge on any atom is -0.341 e. The molecule has 0 unspecified atom stereocenters. The zero-order valence-electron chi connectivity index (χ0n) is 11.6. The van der Waals surface area contributed by atoms with E-state index in [0.29, 0.717) is 5.69 Å². The molecule has 2 aromatic heterocycles. The van der Waals surface area contributed by atoms with Crippen molar-refractivity contribution >= 4 is 5.91 Å². The average molecular weight is 271 g/mol. The number of pyridine rings is 1. The lowest BCUT2D eigenvalue weighted by Crippen LogP contribution is -2.29. The van der Waals surface area contributed by atoms with E-state index in [4.69, 9.17) is 0 Å². The second kappa shape index (κ2) is 5.03. The summed E-state index contributed by atoms with van der Waals surface area (Å²) >= 11 is 0. The molecule has 1 N–H and O–H groups in total. The van der Waals surface area contributed by atoms with Crippen LogP contribution in [0.25, 0.3) is 0 Å². The van der Waals surface area contributed by atoms with Crippen LogP contribution in [0.5, 0.6) is 0 Å². The van der Waals surface area contributed by atoms with E-state index in [1.54, 1.807) is 6.07 Å². The third-order valence-electron chi connectivity index (χ3n) is 3.49. The topological polar surface area (TPSA) is 72.7 Å². The third-order valence-corrected chi connectivity index (χ3v) is 3.49. The highest BCUT2D eigenvalue weighted by Crippen LogP contribution is 2.19. The summed E-state index contributed by atoms with van der Waals surface area (Å²) in [5.74, 6) is 1.64. The molecule has 1 aliphatic heterocycles. The summed E-state index contributed by atoms with van der Waals surface area (Å²) in [6, 6.07) is 5.23. The SMILES string of the molecule is Cc1cccc(C(=O)N[C@@H](C)c2nnc3n2CCC3)n1. The van der Waals surface area contributed by atoms with E-state index in [-0.39, 0.29) is 11.9 Å². The van der Waals surface area contributed by atoms with Gasteiger partial charge in [-0.1, -0.05) is 6.07 Å². The van der Waals surface area contributed by atoms with Crippen molar-refractivity contribution in [3.8, 4) is 0 Å². The maximum Gasteiger partial charge on any atom is 0.270 e. The van der Waals surface area contributed by atoms with Gasteiger partial charge in [-0.15, -0.1) is 10.2 Å². The van der Waals surface area contributed by atoms with E-state index in [1.807, 2.05) is 26.0 Å². The van der Waals surface area contributed by atoms with Gasteiger partial charge >= 0.3 is 0 Å². The minimum atomic E-state index is -0.184. The number of carbonyl (C=O) groups is 1. The minimum absolute atomic E-state index is 0.177. The number of aryl methyl sites for hydroxylation is 2. The number of rotatable bonds is 3. The fourth-order valence-corrected chi connectivity index (χ4v) is 2.50.